The fourth-order valence-corrected chi connectivity index (χ4v) is 2.34. The van der Waals surface area contributed by atoms with Crippen LogP contribution in [-0.2, 0) is 6.54 Å². The highest BCUT2D eigenvalue weighted by molar-refractivity contribution is 6.32. The van der Waals surface area contributed by atoms with Gasteiger partial charge in [0.1, 0.15) is 11.5 Å². The minimum Gasteiger partial charge on any atom is -0.361 e. The Balaban J connectivity index is 1.77. The van der Waals surface area contributed by atoms with E-state index in [0.29, 0.717) is 28.7 Å². The molecule has 1 amide bonds. The highest BCUT2D eigenvalue weighted by Gasteiger charge is 2.18. The van der Waals surface area contributed by atoms with Crippen molar-refractivity contribution in [3.8, 4) is 5.69 Å². The monoisotopic (exact) mass is 331 g/mol. The van der Waals surface area contributed by atoms with Gasteiger partial charge < -0.3 is 9.42 Å². The van der Waals surface area contributed by atoms with Crippen LogP contribution in [0.15, 0.2) is 41.1 Å². The molecule has 1 aromatic carbocycles. The number of amides is 1. The van der Waals surface area contributed by atoms with E-state index in [-0.39, 0.29) is 11.6 Å². The van der Waals surface area contributed by atoms with Crippen LogP contribution in [-0.4, -0.2) is 38.0 Å². The smallest absolute Gasteiger partial charge is 0.276 e. The largest absolute Gasteiger partial charge is 0.361 e. The molecule has 3 aromatic rings. The molecule has 0 unspecified atom stereocenters. The van der Waals surface area contributed by atoms with E-state index in [1.807, 2.05) is 12.1 Å². The van der Waals surface area contributed by atoms with Gasteiger partial charge in [0.25, 0.3) is 5.91 Å². The topological polar surface area (TPSA) is 77.1 Å². The van der Waals surface area contributed by atoms with E-state index in [4.69, 9.17) is 16.1 Å². The van der Waals surface area contributed by atoms with Gasteiger partial charge in [-0.3, -0.25) is 4.79 Å². The molecule has 0 aliphatic heterocycles. The van der Waals surface area contributed by atoms with Crippen molar-refractivity contribution in [3.05, 3.63) is 58.7 Å². The third-order valence-corrected chi connectivity index (χ3v) is 3.55. The van der Waals surface area contributed by atoms with Crippen molar-refractivity contribution in [1.29, 1.82) is 0 Å². The predicted octanol–water partition coefficient (Wildman–Crippen LogP) is 2.49. The molecule has 7 nitrogen and oxygen atoms in total. The maximum absolute atomic E-state index is 12.4. The molecule has 0 aliphatic rings. The van der Waals surface area contributed by atoms with Crippen LogP contribution in [0.25, 0.3) is 5.69 Å². The molecular weight excluding hydrogens is 318 g/mol. The molecule has 0 atom stereocenters. The van der Waals surface area contributed by atoms with Gasteiger partial charge in [-0.15, -0.1) is 5.10 Å². The number of carbonyl (C=O) groups is 1. The van der Waals surface area contributed by atoms with Crippen LogP contribution >= 0.6 is 11.6 Å². The number of aryl methyl sites for hydroxylation is 1. The van der Waals surface area contributed by atoms with Gasteiger partial charge in [-0.25, -0.2) is 4.68 Å². The van der Waals surface area contributed by atoms with Crippen molar-refractivity contribution in [1.82, 2.24) is 25.1 Å². The molecule has 0 bridgehead atoms. The van der Waals surface area contributed by atoms with E-state index in [0.717, 1.165) is 0 Å². The zero-order valence-electron chi connectivity index (χ0n) is 12.6. The molecule has 0 spiro atoms. The van der Waals surface area contributed by atoms with Crippen molar-refractivity contribution < 1.29 is 9.32 Å². The summed E-state index contributed by atoms with van der Waals surface area (Å²) < 4.78 is 6.47. The van der Waals surface area contributed by atoms with Gasteiger partial charge in [0.15, 0.2) is 5.69 Å². The number of para-hydroxylation sites is 1. The zero-order valence-corrected chi connectivity index (χ0v) is 13.4. The Morgan fingerprint density at radius 3 is 2.87 bits per heavy atom. The third kappa shape index (κ3) is 3.24. The third-order valence-electron chi connectivity index (χ3n) is 3.23. The first kappa shape index (κ1) is 15.2. The molecule has 23 heavy (non-hydrogen) atoms. The Kier molecular flexibility index (Phi) is 4.12. The van der Waals surface area contributed by atoms with Gasteiger partial charge in [-0.05, 0) is 19.1 Å². The van der Waals surface area contributed by atoms with Crippen LogP contribution in [0, 0.1) is 6.92 Å². The number of benzene rings is 1. The fraction of sp³-hybridized carbons (Fsp3) is 0.200. The summed E-state index contributed by atoms with van der Waals surface area (Å²) in [5.41, 5.74) is 1.57. The Hall–Kier alpha value is -2.67. The second-order valence-corrected chi connectivity index (χ2v) is 5.50. The number of aromatic nitrogens is 4. The van der Waals surface area contributed by atoms with Gasteiger partial charge >= 0.3 is 0 Å². The molecule has 2 aromatic heterocycles. The summed E-state index contributed by atoms with van der Waals surface area (Å²) in [6, 6.07) is 8.99. The second-order valence-electron chi connectivity index (χ2n) is 5.09. The quantitative estimate of drug-likeness (QED) is 0.734. The van der Waals surface area contributed by atoms with Crippen LogP contribution in [0.1, 0.15) is 21.9 Å². The van der Waals surface area contributed by atoms with Crippen LogP contribution < -0.4 is 0 Å². The van der Waals surface area contributed by atoms with E-state index in [2.05, 4.69) is 15.5 Å². The molecule has 2 heterocycles. The Labute approximate surface area is 137 Å². The summed E-state index contributed by atoms with van der Waals surface area (Å²) in [7, 11) is 1.67. The lowest BCUT2D eigenvalue weighted by Gasteiger charge is -2.13. The van der Waals surface area contributed by atoms with E-state index in [9.17, 15) is 4.79 Å². The fourth-order valence-electron chi connectivity index (χ4n) is 2.12. The zero-order chi connectivity index (χ0) is 16.4. The average Bonchev–Trinajstić information content (AvgIpc) is 3.16. The van der Waals surface area contributed by atoms with Gasteiger partial charge in [0, 0.05) is 13.1 Å². The Bertz CT molecular complexity index is 842. The van der Waals surface area contributed by atoms with Gasteiger partial charge in [-0.1, -0.05) is 34.1 Å². The number of halogens is 1. The maximum atomic E-state index is 12.4. The molecule has 3 rings (SSSR count). The summed E-state index contributed by atoms with van der Waals surface area (Å²) in [5.74, 6) is 0.439. The summed E-state index contributed by atoms with van der Waals surface area (Å²) in [6.07, 6.45) is 1.55. The van der Waals surface area contributed by atoms with Crippen LogP contribution in [0.2, 0.25) is 5.02 Å². The summed E-state index contributed by atoms with van der Waals surface area (Å²) >= 11 is 6.12. The SMILES string of the molecule is Cc1cc(CN(C)C(=O)c2cn(-c3ccccc3Cl)nn2)no1. The first-order valence-electron chi connectivity index (χ1n) is 6.89. The number of hydrogen-bond donors (Lipinski definition) is 0. The number of hydrogen-bond acceptors (Lipinski definition) is 5. The molecular formula is C15H14ClN5O2. The molecule has 0 aliphatic carbocycles. The van der Waals surface area contributed by atoms with E-state index in [1.165, 1.54) is 9.58 Å². The first-order valence-corrected chi connectivity index (χ1v) is 7.27. The van der Waals surface area contributed by atoms with E-state index < -0.39 is 0 Å². The van der Waals surface area contributed by atoms with Crippen molar-refractivity contribution in [2.75, 3.05) is 7.05 Å². The minimum absolute atomic E-state index is 0.229. The van der Waals surface area contributed by atoms with Crippen molar-refractivity contribution in [2.24, 2.45) is 0 Å². The van der Waals surface area contributed by atoms with E-state index >= 15 is 0 Å². The lowest BCUT2D eigenvalue weighted by molar-refractivity contribution is 0.0776. The summed E-state index contributed by atoms with van der Waals surface area (Å²) in [6.45, 7) is 2.13. The highest BCUT2D eigenvalue weighted by atomic mass is 35.5. The summed E-state index contributed by atoms with van der Waals surface area (Å²) in [5, 5.41) is 12.3. The molecule has 8 heteroatoms. The number of carbonyl (C=O) groups excluding carboxylic acids is 1. The lowest BCUT2D eigenvalue weighted by atomic mass is 10.3. The maximum Gasteiger partial charge on any atom is 0.276 e. The molecule has 0 fully saturated rings. The Morgan fingerprint density at radius 2 is 2.17 bits per heavy atom. The average molecular weight is 332 g/mol. The molecule has 0 saturated carbocycles. The number of nitrogens with zero attached hydrogens (tertiary/aromatic N) is 5. The molecule has 0 N–H and O–H groups in total. The summed E-state index contributed by atoms with van der Waals surface area (Å²) in [4.78, 5) is 13.9. The minimum atomic E-state index is -0.260. The standard InChI is InChI=1S/C15H14ClN5O2/c1-10-7-11(18-23-10)8-20(2)15(22)13-9-21(19-17-13)14-6-4-3-5-12(14)16/h3-7,9H,8H2,1-2H3. The van der Waals surface area contributed by atoms with Gasteiger partial charge in [-0.2, -0.15) is 0 Å². The van der Waals surface area contributed by atoms with Crippen molar-refractivity contribution in [3.63, 3.8) is 0 Å². The second kappa shape index (κ2) is 6.21. The van der Waals surface area contributed by atoms with Crippen LogP contribution in [0.4, 0.5) is 0 Å². The van der Waals surface area contributed by atoms with Crippen molar-refractivity contribution >= 4 is 17.5 Å². The van der Waals surface area contributed by atoms with Crippen LogP contribution in [0.5, 0.6) is 0 Å². The van der Waals surface area contributed by atoms with Gasteiger partial charge in [0.05, 0.1) is 23.5 Å². The van der Waals surface area contributed by atoms with Crippen molar-refractivity contribution in [2.45, 2.75) is 13.5 Å². The molecule has 0 saturated heterocycles. The number of rotatable bonds is 4. The predicted molar refractivity (Wildman–Crippen MR) is 83.4 cm³/mol. The Morgan fingerprint density at radius 1 is 1.39 bits per heavy atom. The lowest BCUT2D eigenvalue weighted by Crippen LogP contribution is -2.26. The van der Waals surface area contributed by atoms with Gasteiger partial charge in [0.2, 0.25) is 0 Å². The molecule has 0 radical (unpaired) electrons. The normalized spacial score (nSPS) is 10.7. The van der Waals surface area contributed by atoms with E-state index in [1.54, 1.807) is 38.4 Å². The van der Waals surface area contributed by atoms with Crippen LogP contribution in [0.3, 0.4) is 0 Å². The highest BCUT2D eigenvalue weighted by Crippen LogP contribution is 2.19. The molecule has 118 valence electrons. The first-order chi connectivity index (χ1) is 11.0.